The van der Waals surface area contributed by atoms with Crippen molar-refractivity contribution in [1.82, 2.24) is 19.5 Å². The Hall–Kier alpha value is -2.50. The molecule has 0 unspecified atom stereocenters. The zero-order valence-electron chi connectivity index (χ0n) is 19.8. The van der Waals surface area contributed by atoms with Gasteiger partial charge in [-0.25, -0.2) is 12.7 Å². The number of alkyl halides is 3. The number of halogens is 3. The van der Waals surface area contributed by atoms with Crippen LogP contribution in [-0.2, 0) is 29.3 Å². The molecule has 0 saturated carbocycles. The van der Waals surface area contributed by atoms with Gasteiger partial charge in [0.15, 0.2) is 0 Å². The monoisotopic (exact) mass is 510 g/mol. The van der Waals surface area contributed by atoms with E-state index in [2.05, 4.69) is 29.0 Å². The molecule has 0 spiro atoms. The molecule has 0 bridgehead atoms. The zero-order valence-corrected chi connectivity index (χ0v) is 20.7. The maximum atomic E-state index is 12.9. The number of carbonyl (C=O) groups is 1. The highest BCUT2D eigenvalue weighted by Crippen LogP contribution is 2.39. The maximum Gasteiger partial charge on any atom is 0.416 e. The Kier molecular flexibility index (Phi) is 6.96. The molecule has 4 rings (SSSR count). The highest BCUT2D eigenvalue weighted by molar-refractivity contribution is 7.88. The van der Waals surface area contributed by atoms with E-state index in [0.29, 0.717) is 38.3 Å². The van der Waals surface area contributed by atoms with Crippen LogP contribution in [0.5, 0.6) is 0 Å². The van der Waals surface area contributed by atoms with Gasteiger partial charge in [0, 0.05) is 44.8 Å². The number of carbonyl (C=O) groups excluding carboxylic acids is 1. The van der Waals surface area contributed by atoms with E-state index in [1.165, 1.54) is 22.7 Å². The molecule has 1 N–H and O–H groups in total. The maximum absolute atomic E-state index is 12.9. The van der Waals surface area contributed by atoms with E-state index in [1.807, 2.05) is 6.07 Å². The SMILES string of the molecule is CC(C)[C@H]1c2ncc(C(=O)NCC3CN(S(C)(=O)=O)C3)cc2CN1Cc1ccc(C(F)(F)F)cc1. The Morgan fingerprint density at radius 1 is 1.20 bits per heavy atom. The second kappa shape index (κ2) is 9.51. The average Bonchev–Trinajstić information content (AvgIpc) is 3.08. The van der Waals surface area contributed by atoms with E-state index in [1.54, 1.807) is 6.20 Å². The Morgan fingerprint density at radius 2 is 1.86 bits per heavy atom. The first-order chi connectivity index (χ1) is 16.3. The van der Waals surface area contributed by atoms with Crippen molar-refractivity contribution >= 4 is 15.9 Å². The summed E-state index contributed by atoms with van der Waals surface area (Å²) >= 11 is 0. The molecular weight excluding hydrogens is 481 g/mol. The molecule has 1 aromatic carbocycles. The van der Waals surface area contributed by atoms with Gasteiger partial charge >= 0.3 is 6.18 Å². The van der Waals surface area contributed by atoms with Crippen molar-refractivity contribution in [3.63, 3.8) is 0 Å². The van der Waals surface area contributed by atoms with Gasteiger partial charge in [-0.05, 0) is 35.2 Å². The Morgan fingerprint density at radius 3 is 2.43 bits per heavy atom. The van der Waals surface area contributed by atoms with Crippen LogP contribution < -0.4 is 5.32 Å². The summed E-state index contributed by atoms with van der Waals surface area (Å²) < 4.78 is 63.0. The second-order valence-electron chi connectivity index (χ2n) is 9.71. The lowest BCUT2D eigenvalue weighted by molar-refractivity contribution is -0.137. The summed E-state index contributed by atoms with van der Waals surface area (Å²) in [5.41, 5.74) is 2.34. The smallest absolute Gasteiger partial charge is 0.352 e. The number of nitrogens with one attached hydrogen (secondary N) is 1. The molecule has 1 fully saturated rings. The van der Waals surface area contributed by atoms with Gasteiger partial charge in [0.25, 0.3) is 5.91 Å². The van der Waals surface area contributed by atoms with Crippen molar-refractivity contribution < 1.29 is 26.4 Å². The normalized spacial score (nSPS) is 19.6. The molecule has 7 nitrogen and oxygen atoms in total. The van der Waals surface area contributed by atoms with E-state index in [9.17, 15) is 26.4 Å². The third-order valence-corrected chi connectivity index (χ3v) is 7.79. The zero-order chi connectivity index (χ0) is 25.5. The number of aromatic nitrogens is 1. The summed E-state index contributed by atoms with van der Waals surface area (Å²) in [5.74, 6) is 0.0373. The molecule has 1 amide bonds. The molecule has 11 heteroatoms. The molecule has 1 aromatic heterocycles. The summed E-state index contributed by atoms with van der Waals surface area (Å²) in [6.45, 7) is 6.33. The van der Waals surface area contributed by atoms with Crippen molar-refractivity contribution in [2.75, 3.05) is 25.9 Å². The van der Waals surface area contributed by atoms with Crippen molar-refractivity contribution in [3.8, 4) is 0 Å². The third-order valence-electron chi connectivity index (χ3n) is 6.55. The van der Waals surface area contributed by atoms with Crippen molar-refractivity contribution in [1.29, 1.82) is 0 Å². The van der Waals surface area contributed by atoms with Crippen molar-refractivity contribution in [3.05, 3.63) is 64.5 Å². The van der Waals surface area contributed by atoms with Crippen LogP contribution in [-0.4, -0.2) is 54.4 Å². The standard InChI is InChI=1S/C24H29F3N4O3S/c1-15(2)22-21-19(14-30(22)11-16-4-6-20(7-5-16)24(25,26)27)8-18(10-28-21)23(32)29-9-17-12-31(13-17)35(3,33)34/h4-8,10,15,17,22H,9,11-14H2,1-3H3,(H,29,32)/t22-/m0/s1. The fourth-order valence-electron chi connectivity index (χ4n) is 4.71. The second-order valence-corrected chi connectivity index (χ2v) is 11.7. The first-order valence-electron chi connectivity index (χ1n) is 11.4. The summed E-state index contributed by atoms with van der Waals surface area (Å²) in [4.78, 5) is 19.4. The quantitative estimate of drug-likeness (QED) is 0.617. The van der Waals surface area contributed by atoms with E-state index in [4.69, 9.17) is 0 Å². The van der Waals surface area contributed by atoms with Gasteiger partial charge < -0.3 is 5.32 Å². The van der Waals surface area contributed by atoms with Crippen molar-refractivity contribution in [2.45, 2.75) is 39.2 Å². The molecule has 1 atom stereocenters. The molecular formula is C24H29F3N4O3S. The van der Waals surface area contributed by atoms with Crippen LogP contribution in [0.2, 0.25) is 0 Å². The number of hydrogen-bond donors (Lipinski definition) is 1. The van der Waals surface area contributed by atoms with Crippen LogP contribution in [0.3, 0.4) is 0 Å². The van der Waals surface area contributed by atoms with E-state index in [0.717, 1.165) is 29.0 Å². The Balaban J connectivity index is 1.41. The third kappa shape index (κ3) is 5.68. The van der Waals surface area contributed by atoms with Gasteiger partial charge in [-0.2, -0.15) is 13.2 Å². The predicted octanol–water partition coefficient (Wildman–Crippen LogP) is 3.43. The van der Waals surface area contributed by atoms with E-state index < -0.39 is 21.8 Å². The lowest BCUT2D eigenvalue weighted by Crippen LogP contribution is -2.53. The van der Waals surface area contributed by atoms with Crippen LogP contribution in [0.1, 0.15) is 52.6 Å². The minimum absolute atomic E-state index is 0.0126. The molecule has 3 heterocycles. The summed E-state index contributed by atoms with van der Waals surface area (Å²) in [6, 6.07) is 7.01. The predicted molar refractivity (Wildman–Crippen MR) is 125 cm³/mol. The number of amides is 1. The largest absolute Gasteiger partial charge is 0.416 e. The van der Waals surface area contributed by atoms with E-state index in [-0.39, 0.29) is 23.8 Å². The lowest BCUT2D eigenvalue weighted by Gasteiger charge is -2.37. The number of pyridine rings is 1. The van der Waals surface area contributed by atoms with Crippen LogP contribution in [0.15, 0.2) is 36.5 Å². The van der Waals surface area contributed by atoms with Gasteiger partial charge in [-0.1, -0.05) is 26.0 Å². The molecule has 0 radical (unpaired) electrons. The highest BCUT2D eigenvalue weighted by Gasteiger charge is 2.36. The minimum Gasteiger partial charge on any atom is -0.352 e. The first-order valence-corrected chi connectivity index (χ1v) is 13.3. The number of benzene rings is 1. The van der Waals surface area contributed by atoms with Crippen LogP contribution >= 0.6 is 0 Å². The van der Waals surface area contributed by atoms with E-state index >= 15 is 0 Å². The number of nitrogens with zero attached hydrogens (tertiary/aromatic N) is 3. The fourth-order valence-corrected chi connectivity index (χ4v) is 5.68. The lowest BCUT2D eigenvalue weighted by atomic mass is 9.99. The van der Waals surface area contributed by atoms with Gasteiger partial charge in [-0.15, -0.1) is 0 Å². The molecule has 2 aliphatic heterocycles. The Bertz CT molecular complexity index is 1190. The van der Waals surface area contributed by atoms with Gasteiger partial charge in [-0.3, -0.25) is 14.7 Å². The first kappa shape index (κ1) is 25.6. The summed E-state index contributed by atoms with van der Waals surface area (Å²) in [7, 11) is -3.19. The van der Waals surface area contributed by atoms with Crippen LogP contribution in [0.4, 0.5) is 13.2 Å². The van der Waals surface area contributed by atoms with Crippen LogP contribution in [0.25, 0.3) is 0 Å². The molecule has 2 aliphatic rings. The number of fused-ring (bicyclic) bond motifs is 1. The van der Waals surface area contributed by atoms with Gasteiger partial charge in [0.2, 0.25) is 10.0 Å². The molecule has 190 valence electrons. The molecule has 0 aliphatic carbocycles. The summed E-state index contributed by atoms with van der Waals surface area (Å²) in [5, 5.41) is 2.86. The summed E-state index contributed by atoms with van der Waals surface area (Å²) in [6.07, 6.45) is -1.65. The minimum atomic E-state index is -4.37. The van der Waals surface area contributed by atoms with Gasteiger partial charge in [0.05, 0.1) is 29.1 Å². The highest BCUT2D eigenvalue weighted by atomic mass is 32.2. The molecule has 2 aromatic rings. The fraction of sp³-hybridized carbons (Fsp3) is 0.500. The molecule has 35 heavy (non-hydrogen) atoms. The average molecular weight is 511 g/mol. The van der Waals surface area contributed by atoms with Crippen LogP contribution in [0, 0.1) is 11.8 Å². The Labute approximate surface area is 203 Å². The van der Waals surface area contributed by atoms with Crippen molar-refractivity contribution in [2.24, 2.45) is 11.8 Å². The number of sulfonamides is 1. The topological polar surface area (TPSA) is 82.6 Å². The number of hydrogen-bond acceptors (Lipinski definition) is 5. The van der Waals surface area contributed by atoms with Gasteiger partial charge in [0.1, 0.15) is 0 Å². The number of rotatable bonds is 7. The molecule has 1 saturated heterocycles.